The van der Waals surface area contributed by atoms with Crippen molar-refractivity contribution in [3.63, 3.8) is 0 Å². The van der Waals surface area contributed by atoms with Gasteiger partial charge in [0.2, 0.25) is 0 Å². The molecule has 1 heterocycles. The zero-order valence-corrected chi connectivity index (χ0v) is 10.1. The second-order valence-electron chi connectivity index (χ2n) is 4.85. The molecule has 0 saturated heterocycles. The first-order valence-electron chi connectivity index (χ1n) is 6.16. The largest absolute Gasteiger partial charge is 0.384 e. The molecule has 0 spiro atoms. The number of aromatic nitrogens is 1. The van der Waals surface area contributed by atoms with E-state index in [1.165, 1.54) is 25.5 Å². The minimum absolute atomic E-state index is 0.0587. The Morgan fingerprint density at radius 3 is 2.94 bits per heavy atom. The summed E-state index contributed by atoms with van der Waals surface area (Å²) in [6.07, 6.45) is 5.30. The van der Waals surface area contributed by atoms with Gasteiger partial charge >= 0.3 is 0 Å². The Morgan fingerprint density at radius 2 is 2.35 bits per heavy atom. The van der Waals surface area contributed by atoms with Gasteiger partial charge in [0.25, 0.3) is 5.91 Å². The number of nitrogen functional groups attached to an aromatic ring is 1. The maximum atomic E-state index is 11.8. The number of hydrogen-bond acceptors (Lipinski definition) is 3. The van der Waals surface area contributed by atoms with Crippen molar-refractivity contribution in [1.82, 2.24) is 10.3 Å². The van der Waals surface area contributed by atoms with E-state index in [1.807, 2.05) is 0 Å². The molecule has 2 rings (SSSR count). The first kappa shape index (κ1) is 11.9. The minimum Gasteiger partial charge on any atom is -0.384 e. The number of nitrogens with zero attached hydrogens (tertiary/aromatic N) is 1. The summed E-state index contributed by atoms with van der Waals surface area (Å²) in [5, 5.41) is 2.97. The fourth-order valence-corrected chi connectivity index (χ4v) is 2.39. The fourth-order valence-electron chi connectivity index (χ4n) is 2.39. The smallest absolute Gasteiger partial charge is 0.252 e. The molecule has 1 saturated carbocycles. The monoisotopic (exact) mass is 233 g/mol. The average molecular weight is 233 g/mol. The highest BCUT2D eigenvalue weighted by atomic mass is 16.1. The molecule has 1 aliphatic carbocycles. The number of amides is 1. The third kappa shape index (κ3) is 2.96. The van der Waals surface area contributed by atoms with Gasteiger partial charge in [0.1, 0.15) is 5.82 Å². The van der Waals surface area contributed by atoms with Crippen molar-refractivity contribution in [3.05, 3.63) is 23.9 Å². The number of pyridine rings is 1. The van der Waals surface area contributed by atoms with E-state index in [4.69, 9.17) is 5.73 Å². The molecule has 1 aliphatic rings. The Kier molecular flexibility index (Phi) is 3.61. The van der Waals surface area contributed by atoms with Crippen molar-refractivity contribution < 1.29 is 4.79 Å². The van der Waals surface area contributed by atoms with Crippen molar-refractivity contribution in [2.75, 3.05) is 12.3 Å². The zero-order chi connectivity index (χ0) is 12.3. The Morgan fingerprint density at radius 1 is 1.53 bits per heavy atom. The molecule has 0 radical (unpaired) electrons. The number of nitrogens with one attached hydrogen (secondary N) is 1. The summed E-state index contributed by atoms with van der Waals surface area (Å²) >= 11 is 0. The molecule has 1 amide bonds. The highest BCUT2D eigenvalue weighted by Gasteiger charge is 2.23. The van der Waals surface area contributed by atoms with Gasteiger partial charge in [-0.1, -0.05) is 19.8 Å². The lowest BCUT2D eigenvalue weighted by atomic mass is 9.98. The predicted molar refractivity (Wildman–Crippen MR) is 67.5 cm³/mol. The molecule has 1 aromatic rings. The number of carbonyl (C=O) groups excluding carboxylic acids is 1. The van der Waals surface area contributed by atoms with Crippen LogP contribution in [0.25, 0.3) is 0 Å². The van der Waals surface area contributed by atoms with E-state index in [9.17, 15) is 4.79 Å². The lowest BCUT2D eigenvalue weighted by molar-refractivity contribution is 0.0944. The lowest BCUT2D eigenvalue weighted by Crippen LogP contribution is -2.30. The van der Waals surface area contributed by atoms with Crippen LogP contribution in [0.4, 0.5) is 5.82 Å². The molecule has 0 aromatic carbocycles. The first-order chi connectivity index (χ1) is 8.16. The van der Waals surface area contributed by atoms with Gasteiger partial charge in [0, 0.05) is 12.7 Å². The van der Waals surface area contributed by atoms with Gasteiger partial charge in [-0.25, -0.2) is 4.98 Å². The van der Waals surface area contributed by atoms with Crippen LogP contribution < -0.4 is 11.1 Å². The summed E-state index contributed by atoms with van der Waals surface area (Å²) in [4.78, 5) is 15.7. The molecule has 1 aromatic heterocycles. The Bertz CT molecular complexity index is 388. The summed E-state index contributed by atoms with van der Waals surface area (Å²) in [6, 6.07) is 3.35. The van der Waals surface area contributed by atoms with E-state index in [0.717, 1.165) is 12.5 Å². The van der Waals surface area contributed by atoms with Crippen LogP contribution in [0.2, 0.25) is 0 Å². The minimum atomic E-state index is -0.0587. The van der Waals surface area contributed by atoms with E-state index in [2.05, 4.69) is 17.2 Å². The molecule has 17 heavy (non-hydrogen) atoms. The van der Waals surface area contributed by atoms with Crippen LogP contribution in [0, 0.1) is 11.8 Å². The van der Waals surface area contributed by atoms with E-state index in [-0.39, 0.29) is 5.91 Å². The molecule has 92 valence electrons. The normalized spacial score (nSPS) is 23.6. The third-order valence-corrected chi connectivity index (χ3v) is 3.61. The Hall–Kier alpha value is -1.58. The van der Waals surface area contributed by atoms with Crippen LogP contribution >= 0.6 is 0 Å². The van der Waals surface area contributed by atoms with Gasteiger partial charge in [0.05, 0.1) is 5.56 Å². The van der Waals surface area contributed by atoms with E-state index in [1.54, 1.807) is 12.1 Å². The van der Waals surface area contributed by atoms with Crippen LogP contribution in [-0.2, 0) is 0 Å². The predicted octanol–water partition coefficient (Wildman–Crippen LogP) is 1.83. The van der Waals surface area contributed by atoms with E-state index >= 15 is 0 Å². The van der Waals surface area contributed by atoms with E-state index in [0.29, 0.717) is 17.3 Å². The maximum Gasteiger partial charge on any atom is 0.252 e. The summed E-state index contributed by atoms with van der Waals surface area (Å²) in [5.41, 5.74) is 6.05. The van der Waals surface area contributed by atoms with Crippen LogP contribution in [0.5, 0.6) is 0 Å². The molecule has 2 atom stereocenters. The number of nitrogens with two attached hydrogens (primary N) is 1. The third-order valence-electron chi connectivity index (χ3n) is 3.61. The van der Waals surface area contributed by atoms with Crippen molar-refractivity contribution in [3.8, 4) is 0 Å². The Balaban J connectivity index is 1.87. The second-order valence-corrected chi connectivity index (χ2v) is 4.85. The van der Waals surface area contributed by atoms with Crippen molar-refractivity contribution >= 4 is 11.7 Å². The topological polar surface area (TPSA) is 68.0 Å². The van der Waals surface area contributed by atoms with Gasteiger partial charge < -0.3 is 11.1 Å². The van der Waals surface area contributed by atoms with Crippen LogP contribution in [0.15, 0.2) is 18.3 Å². The van der Waals surface area contributed by atoms with Crippen LogP contribution in [0.3, 0.4) is 0 Å². The summed E-state index contributed by atoms with van der Waals surface area (Å²) < 4.78 is 0. The van der Waals surface area contributed by atoms with Gasteiger partial charge in [0.15, 0.2) is 0 Å². The number of carbonyl (C=O) groups is 1. The highest BCUT2D eigenvalue weighted by Crippen LogP contribution is 2.30. The summed E-state index contributed by atoms with van der Waals surface area (Å²) in [7, 11) is 0. The van der Waals surface area contributed by atoms with Crippen molar-refractivity contribution in [1.29, 1.82) is 0 Å². The number of hydrogen-bond donors (Lipinski definition) is 2. The summed E-state index contributed by atoms with van der Waals surface area (Å²) in [6.45, 7) is 3.03. The number of rotatable bonds is 3. The molecule has 2 unspecified atom stereocenters. The molecule has 3 N–H and O–H groups in total. The SMILES string of the molecule is CC1CCCC1CNC(=O)c1ccc(N)nc1. The van der Waals surface area contributed by atoms with Crippen molar-refractivity contribution in [2.45, 2.75) is 26.2 Å². The Labute approximate surface area is 102 Å². The van der Waals surface area contributed by atoms with Crippen LogP contribution in [0.1, 0.15) is 36.5 Å². The molecule has 0 aliphatic heterocycles. The second kappa shape index (κ2) is 5.17. The molecule has 0 bridgehead atoms. The van der Waals surface area contributed by atoms with Crippen LogP contribution in [-0.4, -0.2) is 17.4 Å². The highest BCUT2D eigenvalue weighted by molar-refractivity contribution is 5.93. The lowest BCUT2D eigenvalue weighted by Gasteiger charge is -2.15. The molecular weight excluding hydrogens is 214 g/mol. The number of anilines is 1. The first-order valence-corrected chi connectivity index (χ1v) is 6.16. The fraction of sp³-hybridized carbons (Fsp3) is 0.538. The standard InChI is InChI=1S/C13H19N3O/c1-9-3-2-4-10(9)7-16-13(17)11-5-6-12(14)15-8-11/h5-6,8-10H,2-4,7H2,1H3,(H2,14,15)(H,16,17). The molecule has 4 heteroatoms. The average Bonchev–Trinajstić information content (AvgIpc) is 2.73. The molecule has 1 fully saturated rings. The molecular formula is C13H19N3O. The van der Waals surface area contributed by atoms with Crippen molar-refractivity contribution in [2.24, 2.45) is 11.8 Å². The van der Waals surface area contributed by atoms with Gasteiger partial charge in [-0.05, 0) is 30.4 Å². The van der Waals surface area contributed by atoms with Gasteiger partial charge in [-0.3, -0.25) is 4.79 Å². The molecule has 4 nitrogen and oxygen atoms in total. The zero-order valence-electron chi connectivity index (χ0n) is 10.1. The van der Waals surface area contributed by atoms with Gasteiger partial charge in [-0.2, -0.15) is 0 Å². The maximum absolute atomic E-state index is 11.8. The van der Waals surface area contributed by atoms with Gasteiger partial charge in [-0.15, -0.1) is 0 Å². The summed E-state index contributed by atoms with van der Waals surface area (Å²) in [5.74, 6) is 1.73. The van der Waals surface area contributed by atoms with E-state index < -0.39 is 0 Å². The quantitative estimate of drug-likeness (QED) is 0.837.